The Balaban J connectivity index is 1.38. The average molecular weight is 423 g/mol. The van der Waals surface area contributed by atoms with Crippen molar-refractivity contribution in [3.05, 3.63) is 84.3 Å². The molecule has 0 radical (unpaired) electrons. The number of hydrogen-bond acceptors (Lipinski definition) is 5. The van der Waals surface area contributed by atoms with Gasteiger partial charge in [0.25, 0.3) is 0 Å². The van der Waals surface area contributed by atoms with Gasteiger partial charge in [-0.1, -0.05) is 53.8 Å². The highest BCUT2D eigenvalue weighted by Crippen LogP contribution is 2.30. The predicted octanol–water partition coefficient (Wildman–Crippen LogP) is 6.14. The number of furan rings is 1. The molecular formula is C23H22N2O2S2. The van der Waals surface area contributed by atoms with Crippen molar-refractivity contribution in [3.63, 3.8) is 0 Å². The number of thioether (sulfide) groups is 1. The van der Waals surface area contributed by atoms with E-state index in [-0.39, 0.29) is 5.91 Å². The van der Waals surface area contributed by atoms with Crippen molar-refractivity contribution in [2.75, 3.05) is 10.7 Å². The van der Waals surface area contributed by atoms with Crippen LogP contribution in [0.1, 0.15) is 24.2 Å². The molecule has 4 nitrogen and oxygen atoms in total. The molecule has 0 fully saturated rings. The van der Waals surface area contributed by atoms with Crippen LogP contribution < -0.4 is 4.90 Å². The minimum absolute atomic E-state index is 0.0840. The zero-order valence-corrected chi connectivity index (χ0v) is 17.6. The normalized spacial score (nSPS) is 11.0. The van der Waals surface area contributed by atoms with Crippen LogP contribution in [0.2, 0.25) is 0 Å². The maximum atomic E-state index is 13.0. The number of carbonyl (C=O) groups is 1. The average Bonchev–Trinajstić information content (AvgIpc) is 3.41. The van der Waals surface area contributed by atoms with Gasteiger partial charge in [0.2, 0.25) is 5.91 Å². The van der Waals surface area contributed by atoms with Crippen LogP contribution >= 0.6 is 23.1 Å². The number of fused-ring (bicyclic) bond motifs is 1. The molecule has 0 spiro atoms. The third-order valence-electron chi connectivity index (χ3n) is 4.50. The van der Waals surface area contributed by atoms with Gasteiger partial charge in [-0.3, -0.25) is 9.69 Å². The summed E-state index contributed by atoms with van der Waals surface area (Å²) >= 11 is 3.41. The van der Waals surface area contributed by atoms with E-state index < -0.39 is 0 Å². The Kier molecular flexibility index (Phi) is 6.64. The standard InChI is InChI=1S/C23H22N2O2S2/c26-22(13-7-15-28-17-18-8-2-1-3-9-18)25(16-19-10-6-14-27-19)23-24-20-11-4-5-12-21(20)29-23/h1-6,8-12,14H,7,13,15-17H2. The van der Waals surface area contributed by atoms with Gasteiger partial charge in [0.05, 0.1) is 23.0 Å². The summed E-state index contributed by atoms with van der Waals surface area (Å²) in [4.78, 5) is 19.5. The summed E-state index contributed by atoms with van der Waals surface area (Å²) in [6.07, 6.45) is 2.98. The van der Waals surface area contributed by atoms with Crippen molar-refractivity contribution in [2.45, 2.75) is 25.1 Å². The predicted molar refractivity (Wildman–Crippen MR) is 121 cm³/mol. The van der Waals surface area contributed by atoms with Gasteiger partial charge < -0.3 is 4.42 Å². The number of para-hydroxylation sites is 1. The molecule has 0 aliphatic rings. The highest BCUT2D eigenvalue weighted by molar-refractivity contribution is 7.98. The highest BCUT2D eigenvalue weighted by Gasteiger charge is 2.20. The zero-order valence-electron chi connectivity index (χ0n) is 16.0. The molecular weight excluding hydrogens is 400 g/mol. The lowest BCUT2D eigenvalue weighted by Gasteiger charge is -2.18. The third-order valence-corrected chi connectivity index (χ3v) is 6.67. The Bertz CT molecular complexity index is 1010. The van der Waals surface area contributed by atoms with Gasteiger partial charge in [-0.2, -0.15) is 11.8 Å². The van der Waals surface area contributed by atoms with Crippen LogP contribution in [0.15, 0.2) is 77.4 Å². The van der Waals surface area contributed by atoms with E-state index in [4.69, 9.17) is 4.42 Å². The number of carbonyl (C=O) groups excluding carboxylic acids is 1. The molecule has 0 saturated heterocycles. The molecule has 2 aromatic carbocycles. The number of aromatic nitrogens is 1. The SMILES string of the molecule is O=C(CCCSCc1ccccc1)N(Cc1ccco1)c1nc2ccccc2s1. The van der Waals surface area contributed by atoms with Crippen molar-refractivity contribution < 1.29 is 9.21 Å². The lowest BCUT2D eigenvalue weighted by atomic mass is 10.2. The maximum absolute atomic E-state index is 13.0. The Morgan fingerprint density at radius 2 is 1.86 bits per heavy atom. The fourth-order valence-corrected chi connectivity index (χ4v) is 4.92. The van der Waals surface area contributed by atoms with Crippen LogP contribution in [0.4, 0.5) is 5.13 Å². The van der Waals surface area contributed by atoms with Crippen LogP contribution in [0, 0.1) is 0 Å². The third kappa shape index (κ3) is 5.28. The van der Waals surface area contributed by atoms with Crippen LogP contribution in [0.5, 0.6) is 0 Å². The number of nitrogens with zero attached hydrogens (tertiary/aromatic N) is 2. The Labute approximate surface area is 178 Å². The summed E-state index contributed by atoms with van der Waals surface area (Å²) in [6.45, 7) is 0.406. The topological polar surface area (TPSA) is 46.3 Å². The van der Waals surface area contributed by atoms with E-state index in [1.165, 1.54) is 5.56 Å². The molecule has 29 heavy (non-hydrogen) atoms. The van der Waals surface area contributed by atoms with Crippen molar-refractivity contribution >= 4 is 44.4 Å². The highest BCUT2D eigenvalue weighted by atomic mass is 32.2. The molecule has 2 heterocycles. The number of hydrogen-bond donors (Lipinski definition) is 0. The molecule has 0 aliphatic heterocycles. The molecule has 0 bridgehead atoms. The van der Waals surface area contributed by atoms with Crippen LogP contribution in [0.3, 0.4) is 0 Å². The molecule has 4 rings (SSSR count). The largest absolute Gasteiger partial charge is 0.467 e. The second-order valence-corrected chi connectivity index (χ2v) is 8.78. The molecule has 4 aromatic rings. The van der Waals surface area contributed by atoms with E-state index in [0.717, 1.165) is 39.0 Å². The summed E-state index contributed by atoms with van der Waals surface area (Å²) in [6, 6.07) is 22.1. The molecule has 1 amide bonds. The molecule has 0 aliphatic carbocycles. The van der Waals surface area contributed by atoms with Gasteiger partial charge in [-0.15, -0.1) is 0 Å². The fourth-order valence-electron chi connectivity index (χ4n) is 3.02. The Morgan fingerprint density at radius 3 is 2.66 bits per heavy atom. The van der Waals surface area contributed by atoms with E-state index in [0.29, 0.717) is 13.0 Å². The van der Waals surface area contributed by atoms with Gasteiger partial charge in [0.1, 0.15) is 5.76 Å². The van der Waals surface area contributed by atoms with Gasteiger partial charge in [0, 0.05) is 12.2 Å². The van der Waals surface area contributed by atoms with Gasteiger partial charge in [-0.25, -0.2) is 4.98 Å². The number of amides is 1. The lowest BCUT2D eigenvalue weighted by Crippen LogP contribution is -2.30. The summed E-state index contributed by atoms with van der Waals surface area (Å²) in [5, 5.41) is 0.726. The number of anilines is 1. The van der Waals surface area contributed by atoms with E-state index in [9.17, 15) is 4.79 Å². The molecule has 0 atom stereocenters. The van der Waals surface area contributed by atoms with Gasteiger partial charge >= 0.3 is 0 Å². The molecule has 0 N–H and O–H groups in total. The van der Waals surface area contributed by atoms with Crippen LogP contribution in [-0.4, -0.2) is 16.6 Å². The van der Waals surface area contributed by atoms with E-state index >= 15 is 0 Å². The van der Waals surface area contributed by atoms with E-state index in [2.05, 4.69) is 29.2 Å². The first-order chi connectivity index (χ1) is 14.3. The van der Waals surface area contributed by atoms with Crippen molar-refractivity contribution in [1.29, 1.82) is 0 Å². The van der Waals surface area contributed by atoms with Gasteiger partial charge in [-0.05, 0) is 42.0 Å². The maximum Gasteiger partial charge on any atom is 0.229 e. The molecule has 2 aromatic heterocycles. The van der Waals surface area contributed by atoms with Crippen LogP contribution in [-0.2, 0) is 17.1 Å². The number of benzene rings is 2. The first-order valence-electron chi connectivity index (χ1n) is 9.59. The van der Waals surface area contributed by atoms with E-state index in [1.807, 2.05) is 54.2 Å². The summed E-state index contributed by atoms with van der Waals surface area (Å²) in [5.41, 5.74) is 2.24. The lowest BCUT2D eigenvalue weighted by molar-refractivity contribution is -0.118. The minimum Gasteiger partial charge on any atom is -0.467 e. The van der Waals surface area contributed by atoms with Crippen molar-refractivity contribution in [3.8, 4) is 0 Å². The van der Waals surface area contributed by atoms with E-state index in [1.54, 1.807) is 22.5 Å². The van der Waals surface area contributed by atoms with Crippen LogP contribution in [0.25, 0.3) is 10.2 Å². The van der Waals surface area contributed by atoms with Gasteiger partial charge in [0.15, 0.2) is 5.13 Å². The smallest absolute Gasteiger partial charge is 0.229 e. The molecule has 148 valence electrons. The summed E-state index contributed by atoms with van der Waals surface area (Å²) in [7, 11) is 0. The zero-order chi connectivity index (χ0) is 19.9. The first kappa shape index (κ1) is 19.7. The number of thiazole rings is 1. The quantitative estimate of drug-likeness (QED) is 0.304. The first-order valence-corrected chi connectivity index (χ1v) is 11.6. The van der Waals surface area contributed by atoms with Crippen molar-refractivity contribution in [1.82, 2.24) is 4.98 Å². The molecule has 0 saturated carbocycles. The second kappa shape index (κ2) is 9.76. The number of rotatable bonds is 9. The second-order valence-electron chi connectivity index (χ2n) is 6.67. The molecule has 6 heteroatoms. The summed E-state index contributed by atoms with van der Waals surface area (Å²) < 4.78 is 6.56. The fraction of sp³-hybridized carbons (Fsp3) is 0.217. The Morgan fingerprint density at radius 1 is 1.03 bits per heavy atom. The molecule has 0 unspecified atom stereocenters. The summed E-state index contributed by atoms with van der Waals surface area (Å²) in [5.74, 6) is 2.77. The monoisotopic (exact) mass is 422 g/mol. The minimum atomic E-state index is 0.0840. The Hall–Kier alpha value is -2.57. The van der Waals surface area contributed by atoms with Crippen molar-refractivity contribution in [2.24, 2.45) is 0 Å².